The molecule has 0 saturated heterocycles. The van der Waals surface area contributed by atoms with Crippen molar-refractivity contribution < 1.29 is 0 Å². The van der Waals surface area contributed by atoms with Crippen LogP contribution in [0.25, 0.3) is 0 Å². The van der Waals surface area contributed by atoms with E-state index in [1.807, 2.05) is 0 Å². The fourth-order valence-corrected chi connectivity index (χ4v) is 4.91. The molecular weight excluding hydrogens is 272 g/mol. The first-order valence-electron chi connectivity index (χ1n) is 7.41. The Bertz CT molecular complexity index is 308. The lowest BCUT2D eigenvalue weighted by Gasteiger charge is -2.32. The van der Waals surface area contributed by atoms with Crippen molar-refractivity contribution in [1.29, 1.82) is 10.5 Å². The van der Waals surface area contributed by atoms with E-state index in [1.54, 1.807) is 0 Å². The first-order valence-corrected chi connectivity index (χ1v) is 9.17. The highest BCUT2D eigenvalue weighted by atomic mass is 32.2. The van der Waals surface area contributed by atoms with Gasteiger partial charge in [-0.1, -0.05) is 0 Å². The lowest BCUT2D eigenvalue weighted by atomic mass is 9.77. The Morgan fingerprint density at radius 1 is 0.684 bits per heavy atom. The van der Waals surface area contributed by atoms with Gasteiger partial charge in [-0.15, -0.1) is 0 Å². The smallest absolute Gasteiger partial charge is 0.133 e. The Morgan fingerprint density at radius 2 is 1.05 bits per heavy atom. The van der Waals surface area contributed by atoms with Gasteiger partial charge in [0.2, 0.25) is 0 Å². The summed E-state index contributed by atoms with van der Waals surface area (Å²) in [6.07, 6.45) is 11.7. The summed E-state index contributed by atoms with van der Waals surface area (Å²) < 4.78 is 0. The second kappa shape index (κ2) is 8.08. The molecule has 0 unspecified atom stereocenters. The Balaban J connectivity index is 1.64. The van der Waals surface area contributed by atoms with E-state index in [-0.39, 0.29) is 0 Å². The molecule has 0 spiro atoms. The van der Waals surface area contributed by atoms with E-state index in [9.17, 15) is 0 Å². The summed E-state index contributed by atoms with van der Waals surface area (Å²) in [5.74, 6) is 1.81. The third-order valence-corrected chi connectivity index (χ3v) is 6.51. The number of nitrogens with zero attached hydrogens (tertiary/aromatic N) is 2. The molecule has 2 aliphatic carbocycles. The van der Waals surface area contributed by atoms with Crippen LogP contribution in [0, 0.1) is 33.2 Å². The van der Waals surface area contributed by atoms with Crippen LogP contribution in [0.3, 0.4) is 0 Å². The lowest BCUT2D eigenvalue weighted by molar-refractivity contribution is 0.249. The van der Waals surface area contributed by atoms with Gasteiger partial charge in [-0.25, -0.2) is 0 Å². The minimum Gasteiger partial charge on any atom is -0.185 e. The summed E-state index contributed by atoms with van der Waals surface area (Å²) in [6.45, 7) is 0. The molecule has 0 radical (unpaired) electrons. The quantitative estimate of drug-likeness (QED) is 0.690. The Labute approximate surface area is 125 Å². The molecule has 0 N–H and O–H groups in total. The molecular formula is C15H22N2S2. The van der Waals surface area contributed by atoms with Crippen molar-refractivity contribution in [2.45, 2.75) is 68.3 Å². The maximum absolute atomic E-state index is 8.70. The number of hydrogen-bond donors (Lipinski definition) is 0. The van der Waals surface area contributed by atoms with Gasteiger partial charge in [-0.05, 0) is 93.1 Å². The average Bonchev–Trinajstić information content (AvgIpc) is 2.44. The molecule has 0 aromatic heterocycles. The fraction of sp³-hybridized carbons (Fsp3) is 0.867. The van der Waals surface area contributed by atoms with Crippen molar-refractivity contribution in [1.82, 2.24) is 0 Å². The van der Waals surface area contributed by atoms with Crippen molar-refractivity contribution in [3.63, 3.8) is 0 Å². The third kappa shape index (κ3) is 4.93. The normalized spacial score (nSPS) is 35.3. The molecule has 0 heterocycles. The van der Waals surface area contributed by atoms with Gasteiger partial charge in [0.05, 0.1) is 0 Å². The molecule has 19 heavy (non-hydrogen) atoms. The Hall–Kier alpha value is -0.320. The summed E-state index contributed by atoms with van der Waals surface area (Å²) in [5, 5.41) is 23.1. The van der Waals surface area contributed by atoms with Crippen molar-refractivity contribution in [3.05, 3.63) is 0 Å². The molecule has 104 valence electrons. The molecule has 0 bridgehead atoms. The van der Waals surface area contributed by atoms with Crippen molar-refractivity contribution >= 4 is 23.5 Å². The van der Waals surface area contributed by atoms with Gasteiger partial charge in [-0.3, -0.25) is 0 Å². The van der Waals surface area contributed by atoms with Gasteiger partial charge in [0, 0.05) is 10.5 Å². The molecule has 0 aromatic rings. The highest BCUT2D eigenvalue weighted by Crippen LogP contribution is 2.39. The first-order chi connectivity index (χ1) is 9.31. The van der Waals surface area contributed by atoms with Crippen LogP contribution in [0.1, 0.15) is 57.8 Å². The zero-order chi connectivity index (χ0) is 13.5. The van der Waals surface area contributed by atoms with Crippen LogP contribution in [0.5, 0.6) is 0 Å². The predicted molar refractivity (Wildman–Crippen MR) is 82.5 cm³/mol. The first kappa shape index (κ1) is 15.1. The SMILES string of the molecule is N#CSC1CCC(CC2CCC(SC#N)CC2)CC1. The van der Waals surface area contributed by atoms with E-state index in [2.05, 4.69) is 10.8 Å². The molecule has 0 aliphatic heterocycles. The largest absolute Gasteiger partial charge is 0.185 e. The molecule has 0 amide bonds. The van der Waals surface area contributed by atoms with Crippen LogP contribution >= 0.6 is 23.5 Å². The van der Waals surface area contributed by atoms with Gasteiger partial charge in [0.25, 0.3) is 0 Å². The molecule has 2 nitrogen and oxygen atoms in total. The van der Waals surface area contributed by atoms with E-state index >= 15 is 0 Å². The van der Waals surface area contributed by atoms with Crippen LogP contribution in [0.2, 0.25) is 0 Å². The number of thioether (sulfide) groups is 2. The summed E-state index contributed by atoms with van der Waals surface area (Å²) in [4.78, 5) is 0. The Morgan fingerprint density at radius 3 is 1.37 bits per heavy atom. The van der Waals surface area contributed by atoms with Gasteiger partial charge in [0.15, 0.2) is 0 Å². The van der Waals surface area contributed by atoms with Crippen LogP contribution in [-0.4, -0.2) is 10.5 Å². The molecule has 0 aromatic carbocycles. The third-order valence-electron chi connectivity index (χ3n) is 4.69. The fourth-order valence-electron chi connectivity index (χ4n) is 3.59. The van der Waals surface area contributed by atoms with E-state index in [0.717, 1.165) is 11.8 Å². The van der Waals surface area contributed by atoms with Crippen LogP contribution in [-0.2, 0) is 0 Å². The molecule has 2 rings (SSSR count). The summed E-state index contributed by atoms with van der Waals surface area (Å²) in [5.41, 5.74) is 0. The number of rotatable bonds is 4. The van der Waals surface area contributed by atoms with Crippen molar-refractivity contribution in [2.24, 2.45) is 11.8 Å². The number of hydrogen-bond acceptors (Lipinski definition) is 4. The summed E-state index contributed by atoms with van der Waals surface area (Å²) >= 11 is 2.96. The van der Waals surface area contributed by atoms with Crippen molar-refractivity contribution in [3.8, 4) is 10.8 Å². The average molecular weight is 294 g/mol. The molecule has 2 fully saturated rings. The minimum atomic E-state index is 0.601. The van der Waals surface area contributed by atoms with E-state index in [4.69, 9.17) is 10.5 Å². The van der Waals surface area contributed by atoms with E-state index in [1.165, 1.54) is 81.3 Å². The molecule has 4 heteroatoms. The van der Waals surface area contributed by atoms with Gasteiger partial charge >= 0.3 is 0 Å². The highest BCUT2D eigenvalue weighted by molar-refractivity contribution is 8.04. The molecule has 2 aliphatic rings. The maximum atomic E-state index is 8.70. The monoisotopic (exact) mass is 294 g/mol. The minimum absolute atomic E-state index is 0.601. The zero-order valence-electron chi connectivity index (χ0n) is 11.4. The van der Waals surface area contributed by atoms with Gasteiger partial charge in [-0.2, -0.15) is 10.5 Å². The maximum Gasteiger partial charge on any atom is 0.133 e. The summed E-state index contributed by atoms with van der Waals surface area (Å²) in [7, 11) is 0. The Kier molecular flexibility index (Phi) is 6.41. The van der Waals surface area contributed by atoms with Crippen LogP contribution < -0.4 is 0 Å². The van der Waals surface area contributed by atoms with Crippen molar-refractivity contribution in [2.75, 3.05) is 0 Å². The number of nitriles is 2. The van der Waals surface area contributed by atoms with Crippen LogP contribution in [0.4, 0.5) is 0 Å². The number of thiocyanates is 2. The van der Waals surface area contributed by atoms with E-state index in [0.29, 0.717) is 10.5 Å². The zero-order valence-corrected chi connectivity index (χ0v) is 13.0. The standard InChI is InChI=1S/C15H22N2S2/c16-10-18-14-5-1-12(2-6-14)9-13-3-7-15(8-4-13)19-11-17/h12-15H,1-9H2. The van der Waals surface area contributed by atoms with Crippen LogP contribution in [0.15, 0.2) is 0 Å². The topological polar surface area (TPSA) is 47.6 Å². The summed E-state index contributed by atoms with van der Waals surface area (Å²) in [6, 6.07) is 0. The van der Waals surface area contributed by atoms with E-state index < -0.39 is 0 Å². The second-order valence-corrected chi connectivity index (χ2v) is 8.11. The lowest BCUT2D eigenvalue weighted by Crippen LogP contribution is -2.22. The molecule has 0 atom stereocenters. The highest BCUT2D eigenvalue weighted by Gasteiger charge is 2.27. The predicted octanol–water partition coefficient (Wildman–Crippen LogP) is 4.92. The van der Waals surface area contributed by atoms with Gasteiger partial charge < -0.3 is 0 Å². The second-order valence-electron chi connectivity index (χ2n) is 5.94. The van der Waals surface area contributed by atoms with Gasteiger partial charge in [0.1, 0.15) is 10.8 Å². The molecule has 2 saturated carbocycles.